The number of nitrogens with one attached hydrogen (secondary N) is 1. The minimum Gasteiger partial charge on any atom is -0.481 e. The summed E-state index contributed by atoms with van der Waals surface area (Å²) in [5.74, 6) is 0.278. The van der Waals surface area contributed by atoms with Gasteiger partial charge in [-0.25, -0.2) is 0 Å². The highest BCUT2D eigenvalue weighted by Gasteiger charge is 2.20. The van der Waals surface area contributed by atoms with Gasteiger partial charge >= 0.3 is 0 Å². The van der Waals surface area contributed by atoms with Gasteiger partial charge in [-0.1, -0.05) is 30.7 Å². The molecule has 0 fully saturated rings. The molecule has 1 amide bonds. The van der Waals surface area contributed by atoms with Crippen LogP contribution in [0.5, 0.6) is 5.75 Å². The van der Waals surface area contributed by atoms with Crippen molar-refractivity contribution in [3.05, 3.63) is 63.7 Å². The molecule has 1 N–H and O–H groups in total. The number of benzene rings is 2. The molecule has 126 valence electrons. The van der Waals surface area contributed by atoms with Crippen LogP contribution in [-0.2, 0) is 4.79 Å². The number of carbonyl (C=O) groups excluding carboxylic acids is 1. The smallest absolute Gasteiger partial charge is 0.271 e. The number of carbonyl (C=O) groups is 1. The molecule has 6 nitrogen and oxygen atoms in total. The van der Waals surface area contributed by atoms with Gasteiger partial charge in [-0.15, -0.1) is 0 Å². The van der Waals surface area contributed by atoms with Crippen molar-refractivity contribution in [3.8, 4) is 5.75 Å². The zero-order valence-electron chi connectivity index (χ0n) is 13.9. The van der Waals surface area contributed by atoms with Crippen LogP contribution in [0.25, 0.3) is 0 Å². The molecule has 24 heavy (non-hydrogen) atoms. The van der Waals surface area contributed by atoms with Gasteiger partial charge in [0.2, 0.25) is 0 Å². The normalized spacial score (nSPS) is 11.6. The maximum Gasteiger partial charge on any atom is 0.271 e. The van der Waals surface area contributed by atoms with E-state index in [1.807, 2.05) is 38.1 Å². The first-order valence-electron chi connectivity index (χ1n) is 7.70. The number of nitro groups is 1. The molecule has 0 spiro atoms. The molecular weight excluding hydrogens is 308 g/mol. The van der Waals surface area contributed by atoms with Gasteiger partial charge in [0.25, 0.3) is 11.6 Å². The zero-order chi connectivity index (χ0) is 17.7. The second-order valence-corrected chi connectivity index (χ2v) is 5.57. The van der Waals surface area contributed by atoms with Gasteiger partial charge in [0.15, 0.2) is 6.10 Å². The van der Waals surface area contributed by atoms with Crippen LogP contribution in [-0.4, -0.2) is 16.9 Å². The van der Waals surface area contributed by atoms with E-state index in [0.29, 0.717) is 17.9 Å². The first-order valence-corrected chi connectivity index (χ1v) is 7.70. The predicted octanol–water partition coefficient (Wildman–Crippen LogP) is 4.01. The van der Waals surface area contributed by atoms with Crippen molar-refractivity contribution in [2.24, 2.45) is 0 Å². The second kappa shape index (κ2) is 7.59. The minimum absolute atomic E-state index is 0.0663. The van der Waals surface area contributed by atoms with Gasteiger partial charge < -0.3 is 10.1 Å². The van der Waals surface area contributed by atoms with Crippen LogP contribution in [0, 0.1) is 24.0 Å². The molecule has 0 saturated heterocycles. The van der Waals surface area contributed by atoms with Crippen molar-refractivity contribution in [2.45, 2.75) is 33.3 Å². The Morgan fingerprint density at radius 2 is 1.88 bits per heavy atom. The number of non-ortho nitro benzene ring substituents is 1. The number of amides is 1. The van der Waals surface area contributed by atoms with Crippen molar-refractivity contribution >= 4 is 17.3 Å². The van der Waals surface area contributed by atoms with Gasteiger partial charge in [0, 0.05) is 12.1 Å². The second-order valence-electron chi connectivity index (χ2n) is 5.57. The Balaban J connectivity index is 2.13. The minimum atomic E-state index is -0.675. The first kappa shape index (κ1) is 17.5. The molecule has 6 heteroatoms. The lowest BCUT2D eigenvalue weighted by atomic mass is 10.1. The zero-order valence-corrected chi connectivity index (χ0v) is 13.9. The molecule has 0 saturated carbocycles. The van der Waals surface area contributed by atoms with Gasteiger partial charge in [0.05, 0.1) is 10.6 Å². The summed E-state index contributed by atoms with van der Waals surface area (Å²) in [5, 5.41) is 13.6. The van der Waals surface area contributed by atoms with Crippen LogP contribution in [0.15, 0.2) is 42.5 Å². The van der Waals surface area contributed by atoms with E-state index in [2.05, 4.69) is 5.32 Å². The fraction of sp³-hybridized carbons (Fsp3) is 0.278. The molecule has 0 aromatic heterocycles. The Kier molecular flexibility index (Phi) is 5.52. The molecule has 2 aromatic carbocycles. The van der Waals surface area contributed by atoms with Crippen molar-refractivity contribution in [3.63, 3.8) is 0 Å². The molecule has 0 heterocycles. The highest BCUT2D eigenvalue weighted by Crippen LogP contribution is 2.23. The average molecular weight is 328 g/mol. The molecule has 2 aromatic rings. The largest absolute Gasteiger partial charge is 0.481 e. The first-order chi connectivity index (χ1) is 11.4. The number of nitrogens with zero attached hydrogens (tertiary/aromatic N) is 1. The average Bonchev–Trinajstić information content (AvgIpc) is 2.56. The molecule has 1 atom stereocenters. The summed E-state index contributed by atoms with van der Waals surface area (Å²) in [7, 11) is 0. The van der Waals surface area contributed by atoms with E-state index >= 15 is 0 Å². The van der Waals surface area contributed by atoms with Gasteiger partial charge in [-0.05, 0) is 38.0 Å². The highest BCUT2D eigenvalue weighted by atomic mass is 16.6. The quantitative estimate of drug-likeness (QED) is 0.641. The van der Waals surface area contributed by atoms with Gasteiger partial charge in [0.1, 0.15) is 5.75 Å². The van der Waals surface area contributed by atoms with Crippen LogP contribution in [0.3, 0.4) is 0 Å². The lowest BCUT2D eigenvalue weighted by Gasteiger charge is -2.18. The highest BCUT2D eigenvalue weighted by molar-refractivity contribution is 5.95. The van der Waals surface area contributed by atoms with E-state index in [1.165, 1.54) is 12.1 Å². The number of rotatable bonds is 6. The number of anilines is 1. The number of ether oxygens (including phenoxy) is 1. The summed E-state index contributed by atoms with van der Waals surface area (Å²) in [6.07, 6.45) is -0.195. The Morgan fingerprint density at radius 3 is 2.46 bits per heavy atom. The van der Waals surface area contributed by atoms with E-state index in [0.717, 1.165) is 11.1 Å². The molecule has 0 aliphatic carbocycles. The number of nitro benzene ring substituents is 1. The molecule has 0 aliphatic heterocycles. The lowest BCUT2D eigenvalue weighted by Crippen LogP contribution is -2.32. The fourth-order valence-electron chi connectivity index (χ4n) is 2.17. The molecular formula is C18H20N2O4. The lowest BCUT2D eigenvalue weighted by molar-refractivity contribution is -0.384. The number of hydrogen-bond donors (Lipinski definition) is 1. The van der Waals surface area contributed by atoms with Crippen LogP contribution in [0.1, 0.15) is 24.5 Å². The van der Waals surface area contributed by atoms with Crippen LogP contribution in [0.4, 0.5) is 11.4 Å². The van der Waals surface area contributed by atoms with E-state index in [-0.39, 0.29) is 11.6 Å². The Bertz CT molecular complexity index is 741. The maximum absolute atomic E-state index is 12.4. The Hall–Kier alpha value is -2.89. The maximum atomic E-state index is 12.4. The van der Waals surface area contributed by atoms with Crippen molar-refractivity contribution in [1.29, 1.82) is 0 Å². The summed E-state index contributed by atoms with van der Waals surface area (Å²) in [5.41, 5.74) is 2.20. The number of aryl methyl sites for hydroxylation is 2. The summed E-state index contributed by atoms with van der Waals surface area (Å²) in [4.78, 5) is 22.8. The summed E-state index contributed by atoms with van der Waals surface area (Å²) >= 11 is 0. The SMILES string of the molecule is CCC(Oc1ccc(C)cc1)C(=O)Nc1cc([N+](=O)[O-])ccc1C. The van der Waals surface area contributed by atoms with Gasteiger partial charge in [-0.2, -0.15) is 0 Å². The summed E-state index contributed by atoms with van der Waals surface area (Å²) in [6, 6.07) is 11.8. The van der Waals surface area contributed by atoms with E-state index in [1.54, 1.807) is 13.0 Å². The van der Waals surface area contributed by atoms with Crippen LogP contribution < -0.4 is 10.1 Å². The van der Waals surface area contributed by atoms with Gasteiger partial charge in [-0.3, -0.25) is 14.9 Å². The third-order valence-corrected chi connectivity index (χ3v) is 3.65. The monoisotopic (exact) mass is 328 g/mol. The Labute approximate surface area is 140 Å². The molecule has 0 aliphatic rings. The molecule has 0 bridgehead atoms. The van der Waals surface area contributed by atoms with Crippen LogP contribution >= 0.6 is 0 Å². The number of hydrogen-bond acceptors (Lipinski definition) is 4. The summed E-state index contributed by atoms with van der Waals surface area (Å²) in [6.45, 7) is 5.60. The van der Waals surface area contributed by atoms with E-state index < -0.39 is 11.0 Å². The van der Waals surface area contributed by atoms with Crippen LogP contribution in [0.2, 0.25) is 0 Å². The molecule has 2 rings (SSSR count). The third-order valence-electron chi connectivity index (χ3n) is 3.65. The Morgan fingerprint density at radius 1 is 1.21 bits per heavy atom. The third kappa shape index (κ3) is 4.32. The van der Waals surface area contributed by atoms with Crippen molar-refractivity contribution in [2.75, 3.05) is 5.32 Å². The van der Waals surface area contributed by atoms with Crippen molar-refractivity contribution in [1.82, 2.24) is 0 Å². The van der Waals surface area contributed by atoms with E-state index in [9.17, 15) is 14.9 Å². The van der Waals surface area contributed by atoms with E-state index in [4.69, 9.17) is 4.74 Å². The van der Waals surface area contributed by atoms with Crippen molar-refractivity contribution < 1.29 is 14.5 Å². The summed E-state index contributed by atoms with van der Waals surface area (Å²) < 4.78 is 5.72. The molecule has 0 radical (unpaired) electrons. The predicted molar refractivity (Wildman–Crippen MR) is 92.3 cm³/mol. The fourth-order valence-corrected chi connectivity index (χ4v) is 2.17. The topological polar surface area (TPSA) is 81.5 Å². The molecule has 1 unspecified atom stereocenters. The standard InChI is InChI=1S/C18H20N2O4/c1-4-17(24-15-9-5-12(2)6-10-15)18(21)19-16-11-14(20(22)23)8-7-13(16)3/h5-11,17H,4H2,1-3H3,(H,19,21).